The minimum absolute atomic E-state index is 0.269. The van der Waals surface area contributed by atoms with Gasteiger partial charge in [0.05, 0.1) is 12.2 Å². The van der Waals surface area contributed by atoms with Gasteiger partial charge in [0.1, 0.15) is 5.75 Å². The van der Waals surface area contributed by atoms with Gasteiger partial charge in [-0.3, -0.25) is 0 Å². The van der Waals surface area contributed by atoms with Crippen molar-refractivity contribution in [3.8, 4) is 17.6 Å². The standard InChI is InChI=1S/C31H42O3/c1-2-3-4-5-6-7-8-9-10-11-12-13-14-15-26-34-30-24-20-28(21-25-30)17-16-27-18-22-29(23-19-27)31(32)33/h18-25H,2-15,26H2,1H3,(H,32,33). The zero-order valence-electron chi connectivity index (χ0n) is 21.0. The molecule has 0 aliphatic heterocycles. The smallest absolute Gasteiger partial charge is 0.335 e. The fraction of sp³-hybridized carbons (Fsp3) is 0.516. The summed E-state index contributed by atoms with van der Waals surface area (Å²) in [5.41, 5.74) is 1.97. The van der Waals surface area contributed by atoms with Gasteiger partial charge < -0.3 is 9.84 Å². The Morgan fingerprint density at radius 2 is 1.06 bits per heavy atom. The van der Waals surface area contributed by atoms with Crippen molar-refractivity contribution in [1.82, 2.24) is 0 Å². The van der Waals surface area contributed by atoms with Crippen LogP contribution in [-0.4, -0.2) is 17.7 Å². The van der Waals surface area contributed by atoms with E-state index in [4.69, 9.17) is 9.84 Å². The molecule has 0 fully saturated rings. The van der Waals surface area contributed by atoms with Crippen LogP contribution in [0.15, 0.2) is 48.5 Å². The van der Waals surface area contributed by atoms with Gasteiger partial charge in [-0.2, -0.15) is 0 Å². The number of unbranched alkanes of at least 4 members (excludes halogenated alkanes) is 13. The molecule has 0 aliphatic carbocycles. The van der Waals surface area contributed by atoms with E-state index in [9.17, 15) is 4.79 Å². The van der Waals surface area contributed by atoms with Gasteiger partial charge in [-0.25, -0.2) is 4.79 Å². The van der Waals surface area contributed by atoms with Gasteiger partial charge in [0.2, 0.25) is 0 Å². The largest absolute Gasteiger partial charge is 0.494 e. The van der Waals surface area contributed by atoms with Crippen LogP contribution in [-0.2, 0) is 0 Å². The molecular formula is C31H42O3. The molecule has 2 rings (SSSR count). The van der Waals surface area contributed by atoms with Gasteiger partial charge in [0, 0.05) is 11.1 Å². The molecule has 0 bridgehead atoms. The lowest BCUT2D eigenvalue weighted by molar-refractivity contribution is 0.0697. The van der Waals surface area contributed by atoms with Crippen molar-refractivity contribution in [1.29, 1.82) is 0 Å². The predicted molar refractivity (Wildman–Crippen MR) is 142 cm³/mol. The lowest BCUT2D eigenvalue weighted by atomic mass is 10.0. The average Bonchev–Trinajstić information content (AvgIpc) is 2.86. The molecule has 0 saturated carbocycles. The number of carbonyl (C=O) groups is 1. The molecule has 3 heteroatoms. The monoisotopic (exact) mass is 462 g/mol. The maximum Gasteiger partial charge on any atom is 0.335 e. The second-order valence-corrected chi connectivity index (χ2v) is 9.10. The van der Waals surface area contributed by atoms with Gasteiger partial charge >= 0.3 is 5.97 Å². The van der Waals surface area contributed by atoms with Gasteiger partial charge in [-0.1, -0.05) is 102 Å². The maximum atomic E-state index is 10.9. The maximum absolute atomic E-state index is 10.9. The third-order valence-electron chi connectivity index (χ3n) is 6.10. The third-order valence-corrected chi connectivity index (χ3v) is 6.10. The van der Waals surface area contributed by atoms with Crippen molar-refractivity contribution < 1.29 is 14.6 Å². The number of benzene rings is 2. The van der Waals surface area contributed by atoms with Crippen molar-refractivity contribution in [2.75, 3.05) is 6.61 Å². The first-order valence-corrected chi connectivity index (χ1v) is 13.3. The highest BCUT2D eigenvalue weighted by atomic mass is 16.5. The third kappa shape index (κ3) is 12.5. The Morgan fingerprint density at radius 1 is 0.647 bits per heavy atom. The number of carboxylic acid groups (broad SMARTS) is 1. The number of ether oxygens (including phenoxy) is 1. The van der Waals surface area contributed by atoms with E-state index in [1.54, 1.807) is 24.3 Å². The summed E-state index contributed by atoms with van der Waals surface area (Å²) in [5.74, 6) is 6.12. The Balaban J connectivity index is 1.48. The molecule has 2 aromatic carbocycles. The molecule has 0 unspecified atom stereocenters. The van der Waals surface area contributed by atoms with Crippen molar-refractivity contribution in [3.63, 3.8) is 0 Å². The highest BCUT2D eigenvalue weighted by Gasteiger charge is 2.00. The summed E-state index contributed by atoms with van der Waals surface area (Å²) in [6.07, 6.45) is 19.1. The van der Waals surface area contributed by atoms with E-state index in [0.29, 0.717) is 0 Å². The van der Waals surface area contributed by atoms with Gasteiger partial charge in [0.15, 0.2) is 0 Å². The summed E-state index contributed by atoms with van der Waals surface area (Å²) < 4.78 is 5.86. The lowest BCUT2D eigenvalue weighted by Gasteiger charge is -2.06. The van der Waals surface area contributed by atoms with Gasteiger partial charge in [-0.05, 0) is 55.0 Å². The van der Waals surface area contributed by atoms with E-state index in [1.165, 1.54) is 83.5 Å². The summed E-state index contributed by atoms with van der Waals surface area (Å²) in [7, 11) is 0. The van der Waals surface area contributed by atoms with Crippen molar-refractivity contribution >= 4 is 5.97 Å². The Kier molecular flexibility index (Phi) is 14.3. The lowest BCUT2D eigenvalue weighted by Crippen LogP contribution is -1.97. The Labute approximate surface area is 206 Å². The predicted octanol–water partition coefficient (Wildman–Crippen LogP) is 8.64. The quantitative estimate of drug-likeness (QED) is 0.189. The Bertz CT molecular complexity index is 856. The summed E-state index contributed by atoms with van der Waals surface area (Å²) >= 11 is 0. The minimum atomic E-state index is -0.927. The highest BCUT2D eigenvalue weighted by Crippen LogP contribution is 2.15. The zero-order chi connectivity index (χ0) is 24.3. The summed E-state index contributed by atoms with van der Waals surface area (Å²) in [4.78, 5) is 10.9. The van der Waals surface area contributed by atoms with Crippen LogP contribution in [0.5, 0.6) is 5.75 Å². The van der Waals surface area contributed by atoms with Crippen molar-refractivity contribution in [2.45, 2.75) is 96.8 Å². The molecule has 0 aromatic heterocycles. The molecule has 0 heterocycles. The second kappa shape index (κ2) is 17.7. The fourth-order valence-corrected chi connectivity index (χ4v) is 3.96. The first kappa shape index (κ1) is 27.5. The number of aromatic carboxylic acids is 1. The van der Waals surface area contributed by atoms with Gasteiger partial charge in [-0.15, -0.1) is 0 Å². The molecule has 2 aromatic rings. The van der Waals surface area contributed by atoms with Crippen LogP contribution in [0, 0.1) is 11.8 Å². The zero-order valence-corrected chi connectivity index (χ0v) is 21.0. The van der Waals surface area contributed by atoms with E-state index in [1.807, 2.05) is 24.3 Å². The van der Waals surface area contributed by atoms with E-state index in [2.05, 4.69) is 18.8 Å². The Hall–Kier alpha value is -2.73. The molecule has 0 atom stereocenters. The molecule has 1 N–H and O–H groups in total. The number of hydrogen-bond acceptors (Lipinski definition) is 2. The van der Waals surface area contributed by atoms with Crippen molar-refractivity contribution in [3.05, 3.63) is 65.2 Å². The number of rotatable bonds is 17. The summed E-state index contributed by atoms with van der Waals surface area (Å²) in [6, 6.07) is 14.4. The molecule has 184 valence electrons. The van der Waals surface area contributed by atoms with E-state index >= 15 is 0 Å². The fourth-order valence-electron chi connectivity index (χ4n) is 3.96. The van der Waals surface area contributed by atoms with E-state index < -0.39 is 5.97 Å². The highest BCUT2D eigenvalue weighted by molar-refractivity contribution is 5.87. The number of carboxylic acids is 1. The number of hydrogen-bond donors (Lipinski definition) is 1. The molecular weight excluding hydrogens is 420 g/mol. The van der Waals surface area contributed by atoms with E-state index in [0.717, 1.165) is 29.9 Å². The summed E-state index contributed by atoms with van der Waals surface area (Å²) in [5, 5.41) is 8.94. The van der Waals surface area contributed by atoms with Crippen LogP contribution >= 0.6 is 0 Å². The first-order valence-electron chi connectivity index (χ1n) is 13.3. The average molecular weight is 463 g/mol. The second-order valence-electron chi connectivity index (χ2n) is 9.10. The molecule has 34 heavy (non-hydrogen) atoms. The minimum Gasteiger partial charge on any atom is -0.494 e. The van der Waals surface area contributed by atoms with Crippen LogP contribution in [0.1, 0.15) is 118 Å². The Morgan fingerprint density at radius 3 is 1.50 bits per heavy atom. The van der Waals surface area contributed by atoms with Crippen LogP contribution in [0.3, 0.4) is 0 Å². The van der Waals surface area contributed by atoms with Gasteiger partial charge in [0.25, 0.3) is 0 Å². The molecule has 0 amide bonds. The molecule has 0 aliphatic rings. The van der Waals surface area contributed by atoms with Crippen LogP contribution in [0.25, 0.3) is 0 Å². The molecule has 0 spiro atoms. The SMILES string of the molecule is CCCCCCCCCCCCCCCCOc1ccc(C#Cc2ccc(C(=O)O)cc2)cc1. The normalized spacial score (nSPS) is 10.5. The summed E-state index contributed by atoms with van der Waals surface area (Å²) in [6.45, 7) is 3.04. The van der Waals surface area contributed by atoms with Crippen LogP contribution in [0.2, 0.25) is 0 Å². The molecule has 3 nitrogen and oxygen atoms in total. The topological polar surface area (TPSA) is 46.5 Å². The van der Waals surface area contributed by atoms with Crippen LogP contribution in [0.4, 0.5) is 0 Å². The molecule has 0 saturated heterocycles. The van der Waals surface area contributed by atoms with Crippen LogP contribution < -0.4 is 4.74 Å². The first-order chi connectivity index (χ1) is 16.7. The molecule has 0 radical (unpaired) electrons. The van der Waals surface area contributed by atoms with Crippen molar-refractivity contribution in [2.24, 2.45) is 0 Å². The van der Waals surface area contributed by atoms with E-state index in [-0.39, 0.29) is 5.56 Å².